The lowest BCUT2D eigenvalue weighted by atomic mass is 10.1. The summed E-state index contributed by atoms with van der Waals surface area (Å²) in [4.78, 5) is 13.2. The summed E-state index contributed by atoms with van der Waals surface area (Å²) in [5.41, 5.74) is 0.353. The van der Waals surface area contributed by atoms with Crippen LogP contribution in [-0.4, -0.2) is 19.2 Å². The molecule has 3 aromatic rings. The van der Waals surface area contributed by atoms with Gasteiger partial charge in [-0.1, -0.05) is 154 Å². The number of esters is 1. The Hall–Kier alpha value is -3.47. The van der Waals surface area contributed by atoms with Crippen molar-refractivity contribution in [2.24, 2.45) is 0 Å². The van der Waals surface area contributed by atoms with Gasteiger partial charge in [0.1, 0.15) is 34.3 Å². The highest BCUT2D eigenvalue weighted by Gasteiger charge is 2.16. The molecular formula is C43H62O5. The number of hydrogen-bond acceptors (Lipinski definition) is 5. The molecule has 0 saturated heterocycles. The van der Waals surface area contributed by atoms with Crippen molar-refractivity contribution in [3.8, 4) is 28.7 Å². The molecule has 0 aliphatic rings. The number of para-hydroxylation sites is 1. The SMILES string of the molecule is CCCCCCCCCCCCOc1cccc(OC(=O)c2ccccc2Oc2cccc(OCCCCCCCCCCCC)c2)c1. The zero-order valence-electron chi connectivity index (χ0n) is 30.0. The predicted octanol–water partition coefficient (Wildman–Crippen LogP) is 13.3. The molecule has 0 fully saturated rings. The lowest BCUT2D eigenvalue weighted by Gasteiger charge is -2.13. The molecule has 0 saturated carbocycles. The van der Waals surface area contributed by atoms with Crippen molar-refractivity contribution in [3.63, 3.8) is 0 Å². The Morgan fingerprint density at radius 1 is 0.458 bits per heavy atom. The minimum absolute atomic E-state index is 0.353. The van der Waals surface area contributed by atoms with E-state index in [1.807, 2.05) is 42.5 Å². The van der Waals surface area contributed by atoms with Crippen LogP contribution in [-0.2, 0) is 0 Å². The summed E-state index contributed by atoms with van der Waals surface area (Å²) >= 11 is 0. The van der Waals surface area contributed by atoms with Crippen molar-refractivity contribution in [2.75, 3.05) is 13.2 Å². The standard InChI is InChI=1S/C43H62O5/c1-3-5-7-9-11-13-15-17-19-23-33-45-37-27-25-29-39(35-37)47-42-32-22-21-31-41(42)43(44)48-40-30-26-28-38(36-40)46-34-24-20-18-16-14-12-10-8-6-4-2/h21-22,25-32,35-36H,3-20,23-24,33-34H2,1-2H3. The number of carbonyl (C=O) groups excluding carboxylic acids is 1. The number of hydrogen-bond donors (Lipinski definition) is 0. The molecular weight excluding hydrogens is 596 g/mol. The lowest BCUT2D eigenvalue weighted by Crippen LogP contribution is -2.10. The van der Waals surface area contributed by atoms with Gasteiger partial charge in [0.2, 0.25) is 0 Å². The average Bonchev–Trinajstić information content (AvgIpc) is 3.10. The molecule has 5 heteroatoms. The summed E-state index contributed by atoms with van der Waals surface area (Å²) in [5.74, 6) is 2.47. The smallest absolute Gasteiger partial charge is 0.347 e. The number of benzene rings is 3. The van der Waals surface area contributed by atoms with Crippen LogP contribution < -0.4 is 18.9 Å². The lowest BCUT2D eigenvalue weighted by molar-refractivity contribution is 0.0731. The molecule has 0 spiro atoms. The van der Waals surface area contributed by atoms with E-state index in [9.17, 15) is 4.79 Å². The molecule has 0 unspecified atom stereocenters. The van der Waals surface area contributed by atoms with Gasteiger partial charge in [0.15, 0.2) is 0 Å². The number of carbonyl (C=O) groups is 1. The van der Waals surface area contributed by atoms with Crippen molar-refractivity contribution in [1.29, 1.82) is 0 Å². The van der Waals surface area contributed by atoms with E-state index in [0.717, 1.165) is 18.6 Å². The summed E-state index contributed by atoms with van der Waals surface area (Å²) in [6.45, 7) is 5.87. The second-order valence-electron chi connectivity index (χ2n) is 13.0. The molecule has 0 heterocycles. The Morgan fingerprint density at radius 2 is 0.875 bits per heavy atom. The molecule has 0 aliphatic carbocycles. The van der Waals surface area contributed by atoms with Crippen molar-refractivity contribution in [2.45, 2.75) is 142 Å². The van der Waals surface area contributed by atoms with Gasteiger partial charge < -0.3 is 18.9 Å². The maximum Gasteiger partial charge on any atom is 0.347 e. The van der Waals surface area contributed by atoms with E-state index in [1.165, 1.54) is 116 Å². The monoisotopic (exact) mass is 658 g/mol. The van der Waals surface area contributed by atoms with Crippen LogP contribution in [0, 0.1) is 0 Å². The van der Waals surface area contributed by atoms with Crippen LogP contribution in [0.4, 0.5) is 0 Å². The Balaban J connectivity index is 1.37. The van der Waals surface area contributed by atoms with Gasteiger partial charge in [-0.3, -0.25) is 0 Å². The van der Waals surface area contributed by atoms with Crippen LogP contribution in [0.2, 0.25) is 0 Å². The third kappa shape index (κ3) is 17.1. The zero-order chi connectivity index (χ0) is 33.9. The third-order valence-corrected chi connectivity index (χ3v) is 8.69. The second kappa shape index (κ2) is 25.5. The fourth-order valence-electron chi connectivity index (χ4n) is 5.83. The van der Waals surface area contributed by atoms with Crippen molar-refractivity contribution >= 4 is 5.97 Å². The number of ether oxygens (including phenoxy) is 4. The molecule has 48 heavy (non-hydrogen) atoms. The molecule has 0 atom stereocenters. The summed E-state index contributed by atoms with van der Waals surface area (Å²) in [6.07, 6.45) is 25.9. The third-order valence-electron chi connectivity index (χ3n) is 8.69. The maximum absolute atomic E-state index is 13.2. The molecule has 0 amide bonds. The van der Waals surface area contributed by atoms with Crippen LogP contribution in [0.15, 0.2) is 72.8 Å². The van der Waals surface area contributed by atoms with E-state index in [1.54, 1.807) is 30.3 Å². The number of unbranched alkanes of at least 4 members (excludes halogenated alkanes) is 18. The summed E-state index contributed by atoms with van der Waals surface area (Å²) in [7, 11) is 0. The molecule has 264 valence electrons. The first-order valence-electron chi connectivity index (χ1n) is 19.1. The van der Waals surface area contributed by atoms with Gasteiger partial charge in [0, 0.05) is 12.1 Å². The largest absolute Gasteiger partial charge is 0.493 e. The van der Waals surface area contributed by atoms with Crippen LogP contribution in [0.5, 0.6) is 28.7 Å². The molecule has 3 aromatic carbocycles. The van der Waals surface area contributed by atoms with Crippen molar-refractivity contribution < 1.29 is 23.7 Å². The first kappa shape index (κ1) is 39.0. The van der Waals surface area contributed by atoms with Crippen LogP contribution in [0.3, 0.4) is 0 Å². The van der Waals surface area contributed by atoms with Crippen LogP contribution in [0.25, 0.3) is 0 Å². The van der Waals surface area contributed by atoms with E-state index < -0.39 is 5.97 Å². The molecule has 0 aliphatic heterocycles. The quantitative estimate of drug-likeness (QED) is 0.0441. The summed E-state index contributed by atoms with van der Waals surface area (Å²) < 4.78 is 23.9. The first-order chi connectivity index (χ1) is 23.7. The Bertz CT molecular complexity index is 1260. The Kier molecular flexibility index (Phi) is 20.7. The van der Waals surface area contributed by atoms with Crippen molar-refractivity contribution in [1.82, 2.24) is 0 Å². The first-order valence-corrected chi connectivity index (χ1v) is 19.1. The average molecular weight is 659 g/mol. The molecule has 0 bridgehead atoms. The van der Waals surface area contributed by atoms with E-state index >= 15 is 0 Å². The zero-order valence-corrected chi connectivity index (χ0v) is 30.0. The topological polar surface area (TPSA) is 54.0 Å². The second-order valence-corrected chi connectivity index (χ2v) is 13.0. The molecule has 0 N–H and O–H groups in total. The maximum atomic E-state index is 13.2. The summed E-state index contributed by atoms with van der Waals surface area (Å²) in [5, 5.41) is 0. The Labute approximate surface area is 291 Å². The minimum Gasteiger partial charge on any atom is -0.493 e. The van der Waals surface area contributed by atoms with Crippen LogP contribution in [0.1, 0.15) is 153 Å². The van der Waals surface area contributed by atoms with Crippen LogP contribution >= 0.6 is 0 Å². The normalized spacial score (nSPS) is 11.0. The fourth-order valence-corrected chi connectivity index (χ4v) is 5.83. The molecule has 0 aromatic heterocycles. The van der Waals surface area contributed by atoms with Gasteiger partial charge in [0.05, 0.1) is 13.2 Å². The van der Waals surface area contributed by atoms with E-state index in [-0.39, 0.29) is 0 Å². The highest BCUT2D eigenvalue weighted by atomic mass is 16.5. The van der Waals surface area contributed by atoms with Gasteiger partial charge >= 0.3 is 5.97 Å². The van der Waals surface area contributed by atoms with E-state index in [2.05, 4.69) is 13.8 Å². The predicted molar refractivity (Wildman–Crippen MR) is 199 cm³/mol. The van der Waals surface area contributed by atoms with Gasteiger partial charge in [-0.25, -0.2) is 4.79 Å². The number of rotatable bonds is 28. The molecule has 3 rings (SSSR count). The van der Waals surface area contributed by atoms with E-state index in [0.29, 0.717) is 41.8 Å². The fraction of sp³-hybridized carbons (Fsp3) is 0.558. The van der Waals surface area contributed by atoms with E-state index in [4.69, 9.17) is 18.9 Å². The minimum atomic E-state index is -0.481. The van der Waals surface area contributed by atoms with Crippen molar-refractivity contribution in [3.05, 3.63) is 78.4 Å². The molecule has 5 nitrogen and oxygen atoms in total. The summed E-state index contributed by atoms with van der Waals surface area (Å²) in [6, 6.07) is 22.0. The highest BCUT2D eigenvalue weighted by Crippen LogP contribution is 2.30. The van der Waals surface area contributed by atoms with Gasteiger partial charge in [0.25, 0.3) is 0 Å². The van der Waals surface area contributed by atoms with Gasteiger partial charge in [-0.2, -0.15) is 0 Å². The van der Waals surface area contributed by atoms with Gasteiger partial charge in [-0.05, 0) is 49.2 Å². The van der Waals surface area contributed by atoms with Gasteiger partial charge in [-0.15, -0.1) is 0 Å². The Morgan fingerprint density at radius 3 is 1.40 bits per heavy atom. The highest BCUT2D eigenvalue weighted by molar-refractivity contribution is 5.94. The molecule has 0 radical (unpaired) electrons.